The van der Waals surface area contributed by atoms with Crippen molar-refractivity contribution in [2.45, 2.75) is 187 Å². The van der Waals surface area contributed by atoms with Gasteiger partial charge in [-0.25, -0.2) is 0 Å². The normalized spacial score (nSPS) is 45.6. The van der Waals surface area contributed by atoms with Crippen molar-refractivity contribution >= 4 is 35.0 Å². The van der Waals surface area contributed by atoms with Crippen LogP contribution in [0.2, 0.25) is 0 Å². The predicted octanol–water partition coefficient (Wildman–Crippen LogP) is 13.3. The Morgan fingerprint density at radius 2 is 0.946 bits per heavy atom. The van der Waals surface area contributed by atoms with E-state index in [9.17, 15) is 44.4 Å². The molecule has 10 aliphatic carbocycles. The molecular formula is C62H81N5O7. The number of Topliss-reactive ketones (excluding diaryl/α,β-unsaturated/α-hetero) is 2. The average molecular weight is 1010 g/mol. The number of rotatable bonds is 2. The van der Waals surface area contributed by atoms with Crippen LogP contribution in [0.25, 0.3) is 10.4 Å². The van der Waals surface area contributed by atoms with E-state index in [4.69, 9.17) is 5.53 Å². The number of azide groups is 1. The number of hydrogen-bond acceptors (Lipinski definition) is 8. The number of carboxylic acid groups (broad SMARTS) is 1. The number of fused-ring (bicyclic) bond motifs is 14. The number of aliphatic carboxylic acids is 1. The molecule has 6 fully saturated rings. The number of carboxylic acids is 1. The molecule has 12 nitrogen and oxygen atoms in total. The Hall–Kier alpha value is -4.93. The van der Waals surface area contributed by atoms with Gasteiger partial charge in [-0.2, -0.15) is 10.5 Å². The van der Waals surface area contributed by atoms with Crippen LogP contribution in [0, 0.1) is 123 Å². The van der Waals surface area contributed by atoms with Crippen molar-refractivity contribution in [3.63, 3.8) is 0 Å². The summed E-state index contributed by atoms with van der Waals surface area (Å²) in [7, 11) is 0. The van der Waals surface area contributed by atoms with Crippen LogP contribution in [-0.4, -0.2) is 40.1 Å². The lowest BCUT2D eigenvalue weighted by atomic mass is 9.34. The Kier molecular flexibility index (Phi) is 11.9. The van der Waals surface area contributed by atoms with E-state index in [1.165, 1.54) is 0 Å². The predicted molar refractivity (Wildman–Crippen MR) is 280 cm³/mol. The summed E-state index contributed by atoms with van der Waals surface area (Å²) < 4.78 is 0. The zero-order valence-corrected chi connectivity index (χ0v) is 46.8. The Labute approximate surface area is 439 Å². The van der Waals surface area contributed by atoms with Gasteiger partial charge in [-0.15, -0.1) is 0 Å². The van der Waals surface area contributed by atoms with Gasteiger partial charge in [0.05, 0.1) is 16.6 Å². The molecule has 0 saturated heterocycles. The largest absolute Gasteiger partial charge is 0.481 e. The monoisotopic (exact) mass is 1010 g/mol. The summed E-state index contributed by atoms with van der Waals surface area (Å²) >= 11 is 0. The molecule has 6 saturated carbocycles. The molecule has 0 spiro atoms. The van der Waals surface area contributed by atoms with E-state index in [1.807, 2.05) is 52.0 Å². The lowest BCUT2D eigenvalue weighted by Gasteiger charge is -2.69. The highest BCUT2D eigenvalue weighted by atomic mass is 16.4. The number of allylic oxidation sites excluding steroid dienone is 8. The molecule has 0 aromatic heterocycles. The van der Waals surface area contributed by atoms with Gasteiger partial charge in [0.15, 0.2) is 23.1 Å². The summed E-state index contributed by atoms with van der Waals surface area (Å²) in [4.78, 5) is 84.0. The average Bonchev–Trinajstić information content (AvgIpc) is 3.30. The molecule has 12 heteroatoms. The minimum Gasteiger partial charge on any atom is -0.481 e. The molecule has 396 valence electrons. The molecule has 10 rings (SSSR count). The first kappa shape index (κ1) is 53.9. The molecule has 14 atom stereocenters. The minimum atomic E-state index is -0.828. The van der Waals surface area contributed by atoms with Crippen LogP contribution >= 0.6 is 0 Å². The first-order valence-electron chi connectivity index (χ1n) is 27.8. The molecule has 1 amide bonds. The topological polar surface area (TPSA) is 219 Å². The highest BCUT2D eigenvalue weighted by Gasteiger charge is 2.73. The Bertz CT molecular complexity index is 2880. The standard InChI is InChI=1S/C31H40N4O3.C31H41NO4/c1-26(2)10-12-31(25(38)34-35-33)13-11-30(7)23(19(31)16-26)20(36)14-22-28(5)15-18(17-32)24(37)27(3,4)21(28)8-9-29(22,30)6;1-26(2)10-12-31(25(35)36)13-11-30(7)23(19(31)16-26)20(33)14-22-28(5)15-18(17-32)24(34)27(3,4)21(28)8-9-29(22,30)6/h14-15,19,21,23H,8-13,16H2,1-7H3;14-15,19,21,23H,8-13,16H2,1-7H3,(H,35,36)/t2*19-,21?,23-,28-,29+,30+,31-/m00/s1. The van der Waals surface area contributed by atoms with Crippen molar-refractivity contribution < 1.29 is 33.9 Å². The van der Waals surface area contributed by atoms with Gasteiger partial charge in [0.25, 0.3) is 0 Å². The Morgan fingerprint density at radius 1 is 0.581 bits per heavy atom. The third-order valence-corrected chi connectivity index (χ3v) is 24.7. The third-order valence-electron chi connectivity index (χ3n) is 24.7. The summed E-state index contributed by atoms with van der Waals surface area (Å²) in [5, 5.41) is 33.8. The van der Waals surface area contributed by atoms with E-state index in [0.717, 1.165) is 62.5 Å². The van der Waals surface area contributed by atoms with Gasteiger partial charge in [0.2, 0.25) is 5.91 Å². The molecule has 0 aromatic rings. The highest BCUT2D eigenvalue weighted by molar-refractivity contribution is 6.06. The first-order chi connectivity index (χ1) is 34.0. The minimum absolute atomic E-state index is 0.00489. The molecule has 2 unspecified atom stereocenters. The van der Waals surface area contributed by atoms with Gasteiger partial charge >= 0.3 is 5.97 Å². The van der Waals surface area contributed by atoms with Crippen molar-refractivity contribution in [2.75, 3.05) is 0 Å². The quantitative estimate of drug-likeness (QED) is 0.158. The van der Waals surface area contributed by atoms with Crippen LogP contribution in [0.1, 0.15) is 187 Å². The zero-order chi connectivity index (χ0) is 54.8. The second kappa shape index (κ2) is 16.3. The van der Waals surface area contributed by atoms with Crippen LogP contribution in [0.4, 0.5) is 0 Å². The fraction of sp³-hybridized carbons (Fsp3) is 0.742. The summed E-state index contributed by atoms with van der Waals surface area (Å²) in [5.74, 6) is -2.28. The van der Waals surface area contributed by atoms with E-state index < -0.39 is 49.8 Å². The molecule has 74 heavy (non-hydrogen) atoms. The van der Waals surface area contributed by atoms with Gasteiger partial charge in [0.1, 0.15) is 12.1 Å². The van der Waals surface area contributed by atoms with Crippen LogP contribution in [0.5, 0.6) is 0 Å². The zero-order valence-electron chi connectivity index (χ0n) is 46.8. The molecule has 10 aliphatic rings. The van der Waals surface area contributed by atoms with E-state index in [-0.39, 0.29) is 96.9 Å². The summed E-state index contributed by atoms with van der Waals surface area (Å²) in [6.07, 6.45) is 17.9. The lowest BCUT2D eigenvalue weighted by molar-refractivity contribution is -0.188. The van der Waals surface area contributed by atoms with Gasteiger partial charge in [-0.05, 0) is 169 Å². The van der Waals surface area contributed by atoms with E-state index in [2.05, 4.69) is 91.4 Å². The van der Waals surface area contributed by atoms with Crippen LogP contribution in [0.15, 0.2) is 51.7 Å². The van der Waals surface area contributed by atoms with Crippen molar-refractivity contribution in [1.29, 1.82) is 10.5 Å². The van der Waals surface area contributed by atoms with Gasteiger partial charge in [-0.3, -0.25) is 28.8 Å². The molecule has 0 aliphatic heterocycles. The fourth-order valence-corrected chi connectivity index (χ4v) is 20.2. The highest BCUT2D eigenvalue weighted by Crippen LogP contribution is 2.77. The molecule has 0 bridgehead atoms. The Balaban J connectivity index is 0.000000182. The van der Waals surface area contributed by atoms with E-state index in [1.54, 1.807) is 0 Å². The van der Waals surface area contributed by atoms with E-state index in [0.29, 0.717) is 38.5 Å². The second-order valence-electron chi connectivity index (χ2n) is 29.6. The molecular weight excluding hydrogens is 927 g/mol. The van der Waals surface area contributed by atoms with Gasteiger partial charge in [0, 0.05) is 43.8 Å². The number of nitrogens with zero attached hydrogens (tertiary/aromatic N) is 5. The number of amides is 1. The number of carbonyl (C=O) groups excluding carboxylic acids is 5. The molecule has 0 aromatic carbocycles. The second-order valence-corrected chi connectivity index (χ2v) is 29.6. The van der Waals surface area contributed by atoms with Crippen molar-refractivity contribution in [2.24, 2.45) is 106 Å². The summed E-state index contributed by atoms with van der Waals surface area (Å²) in [5.41, 5.74) is 6.06. The first-order valence-corrected chi connectivity index (χ1v) is 27.8. The maximum absolute atomic E-state index is 14.4. The number of ketones is 4. The molecule has 0 heterocycles. The maximum atomic E-state index is 14.4. The van der Waals surface area contributed by atoms with E-state index >= 15 is 0 Å². The Morgan fingerprint density at radius 3 is 1.32 bits per heavy atom. The lowest BCUT2D eigenvalue weighted by Crippen LogP contribution is -2.65. The summed E-state index contributed by atoms with van der Waals surface area (Å²) in [6.45, 7) is 29.9. The van der Waals surface area contributed by atoms with Gasteiger partial charge < -0.3 is 5.11 Å². The van der Waals surface area contributed by atoms with Crippen molar-refractivity contribution in [3.8, 4) is 12.1 Å². The van der Waals surface area contributed by atoms with Crippen LogP contribution in [0.3, 0.4) is 0 Å². The molecule has 0 radical (unpaired) electrons. The number of nitriles is 2. The van der Waals surface area contributed by atoms with Crippen molar-refractivity contribution in [3.05, 3.63) is 57.0 Å². The summed E-state index contributed by atoms with van der Waals surface area (Å²) in [6, 6.07) is 4.30. The van der Waals surface area contributed by atoms with Gasteiger partial charge in [-0.1, -0.05) is 120 Å². The number of hydrogen-bond donors (Lipinski definition) is 1. The third kappa shape index (κ3) is 6.76. The van der Waals surface area contributed by atoms with Crippen LogP contribution in [-0.2, 0) is 28.8 Å². The van der Waals surface area contributed by atoms with Crippen LogP contribution < -0.4 is 0 Å². The fourth-order valence-electron chi connectivity index (χ4n) is 20.2. The van der Waals surface area contributed by atoms with Crippen molar-refractivity contribution in [1.82, 2.24) is 0 Å². The smallest absolute Gasteiger partial charge is 0.309 e. The SMILES string of the molecule is CC1(C)CC[C@]2(C(=O)N=[N+]=[N-])CC[C@]3(C)[C@H](C(=O)C=C4[C@@]5(C)C=C(C#N)C(=O)C(C)(C)C5CC[C@]43C)[C@@H]2C1.CC1(C)CC[C@]2(C(=O)O)CC[C@]3(C)[C@H](C(=O)C=C4[C@@]5(C)C=C(C#N)C(=O)C(C)(C)C5CC[C@]43C)[C@@H]2C1. The number of carbonyl (C=O) groups is 6. The maximum Gasteiger partial charge on any atom is 0.309 e. The molecule has 1 N–H and O–H groups in total.